The molecule has 6 nitrogen and oxygen atoms in total. The van der Waals surface area contributed by atoms with Crippen molar-refractivity contribution in [1.29, 1.82) is 5.26 Å². The van der Waals surface area contributed by atoms with Crippen molar-refractivity contribution in [3.05, 3.63) is 54.4 Å². The molecule has 0 amide bonds. The molecule has 1 aliphatic carbocycles. The number of H-pyrrole nitrogens is 1. The zero-order valence-corrected chi connectivity index (χ0v) is 18.8. The second kappa shape index (κ2) is 10.2. The number of fused-ring (bicyclic) bond motifs is 1. The molecule has 6 heteroatoms. The maximum Gasteiger partial charge on any atom is 0.137 e. The second-order valence-corrected chi connectivity index (χ2v) is 8.67. The molecule has 0 radical (unpaired) electrons. The number of nitriles is 1. The first kappa shape index (κ1) is 21.7. The Balaban J connectivity index is 1.31. The number of allylic oxidation sites excluding steroid dienone is 2. The summed E-state index contributed by atoms with van der Waals surface area (Å²) in [5.74, 6) is 0.952. The first-order valence-electron chi connectivity index (χ1n) is 11.8. The number of pyridine rings is 1. The lowest BCUT2D eigenvalue weighted by Gasteiger charge is -2.22. The van der Waals surface area contributed by atoms with Gasteiger partial charge in [-0.3, -0.25) is 0 Å². The fourth-order valence-electron chi connectivity index (χ4n) is 4.70. The molecule has 1 aliphatic heterocycles. The minimum atomic E-state index is 0.118. The first-order chi connectivity index (χ1) is 16.3. The maximum atomic E-state index is 9.27. The number of benzene rings is 1. The summed E-state index contributed by atoms with van der Waals surface area (Å²) < 4.78 is 17.1. The van der Waals surface area contributed by atoms with E-state index in [1.807, 2.05) is 24.5 Å². The third-order valence-corrected chi connectivity index (χ3v) is 6.54. The van der Waals surface area contributed by atoms with Gasteiger partial charge >= 0.3 is 0 Å². The topological polar surface area (TPSA) is 80.2 Å². The van der Waals surface area contributed by atoms with Crippen molar-refractivity contribution in [2.45, 2.75) is 38.2 Å². The van der Waals surface area contributed by atoms with Crippen LogP contribution in [0.25, 0.3) is 27.7 Å². The maximum absolute atomic E-state index is 9.27. The Labute approximate surface area is 194 Å². The first-order valence-corrected chi connectivity index (χ1v) is 11.8. The fourth-order valence-corrected chi connectivity index (χ4v) is 4.70. The lowest BCUT2D eigenvalue weighted by atomic mass is 9.84. The molecule has 33 heavy (non-hydrogen) atoms. The van der Waals surface area contributed by atoms with Crippen molar-refractivity contribution < 1.29 is 14.2 Å². The predicted molar refractivity (Wildman–Crippen MR) is 128 cm³/mol. The summed E-state index contributed by atoms with van der Waals surface area (Å²) in [5, 5.41) is 10.4. The van der Waals surface area contributed by atoms with E-state index in [2.05, 4.69) is 40.3 Å². The average Bonchev–Trinajstić information content (AvgIpc) is 3.36. The van der Waals surface area contributed by atoms with E-state index in [1.165, 1.54) is 11.1 Å². The third kappa shape index (κ3) is 4.95. The predicted octanol–water partition coefficient (Wildman–Crippen LogP) is 5.51. The largest absolute Gasteiger partial charge is 0.491 e. The minimum absolute atomic E-state index is 0.118. The van der Waals surface area contributed by atoms with Crippen LogP contribution in [0, 0.1) is 17.2 Å². The van der Waals surface area contributed by atoms with Gasteiger partial charge in [0.25, 0.3) is 0 Å². The minimum Gasteiger partial charge on any atom is -0.491 e. The molecule has 1 aromatic carbocycles. The van der Waals surface area contributed by atoms with Crippen LogP contribution in [0.5, 0.6) is 5.75 Å². The molecule has 2 aromatic heterocycles. The van der Waals surface area contributed by atoms with Gasteiger partial charge in [-0.2, -0.15) is 5.26 Å². The van der Waals surface area contributed by atoms with Crippen LogP contribution in [0.3, 0.4) is 0 Å². The van der Waals surface area contributed by atoms with Crippen LogP contribution >= 0.6 is 0 Å². The van der Waals surface area contributed by atoms with Crippen LogP contribution < -0.4 is 4.74 Å². The molecule has 0 bridgehead atoms. The molecule has 2 aliphatic rings. The van der Waals surface area contributed by atoms with Gasteiger partial charge in [-0.25, -0.2) is 4.98 Å². The Morgan fingerprint density at radius 1 is 1.09 bits per heavy atom. The Morgan fingerprint density at radius 2 is 1.94 bits per heavy atom. The van der Waals surface area contributed by atoms with E-state index in [0.717, 1.165) is 73.2 Å². The van der Waals surface area contributed by atoms with Crippen LogP contribution in [-0.4, -0.2) is 42.5 Å². The number of hydrogen-bond donors (Lipinski definition) is 1. The summed E-state index contributed by atoms with van der Waals surface area (Å²) in [5.41, 5.74) is 5.62. The van der Waals surface area contributed by atoms with E-state index in [1.54, 1.807) is 0 Å². The number of ether oxygens (including phenoxy) is 3. The summed E-state index contributed by atoms with van der Waals surface area (Å²) >= 11 is 0. The van der Waals surface area contributed by atoms with Gasteiger partial charge in [0.15, 0.2) is 0 Å². The normalized spacial score (nSPS) is 19.2. The Morgan fingerprint density at radius 3 is 2.70 bits per heavy atom. The smallest absolute Gasteiger partial charge is 0.137 e. The molecule has 5 rings (SSSR count). The second-order valence-electron chi connectivity index (χ2n) is 8.67. The van der Waals surface area contributed by atoms with Gasteiger partial charge in [-0.1, -0.05) is 18.2 Å². The number of nitrogens with one attached hydrogen (secondary N) is 1. The van der Waals surface area contributed by atoms with E-state index in [9.17, 15) is 5.26 Å². The molecule has 0 saturated carbocycles. The van der Waals surface area contributed by atoms with Gasteiger partial charge in [0.2, 0.25) is 0 Å². The molecule has 3 heterocycles. The van der Waals surface area contributed by atoms with E-state index in [-0.39, 0.29) is 12.0 Å². The molecule has 0 spiro atoms. The number of aromatic amines is 1. The van der Waals surface area contributed by atoms with Crippen LogP contribution in [0.15, 0.2) is 48.8 Å². The Kier molecular flexibility index (Phi) is 6.71. The highest BCUT2D eigenvalue weighted by molar-refractivity contribution is 5.97. The van der Waals surface area contributed by atoms with Gasteiger partial charge in [-0.05, 0) is 67.0 Å². The standard InChI is InChI=1S/C27H29N3O3/c28-17-19-1-3-21(4-2-19)26-24-9-12-29-27(24)30-18-25(26)20-5-7-22(8-6-20)32-15-16-33-23-10-13-31-14-11-23/h3,5-9,12,18-19,23H,1-2,4,10-11,13-16H2,(H,29,30). The fraction of sp³-hybridized carbons (Fsp3) is 0.407. The van der Waals surface area contributed by atoms with Crippen molar-refractivity contribution in [1.82, 2.24) is 9.97 Å². The van der Waals surface area contributed by atoms with Crippen molar-refractivity contribution in [2.24, 2.45) is 5.92 Å². The third-order valence-electron chi connectivity index (χ3n) is 6.54. The summed E-state index contributed by atoms with van der Waals surface area (Å²) in [4.78, 5) is 7.87. The van der Waals surface area contributed by atoms with E-state index < -0.39 is 0 Å². The monoisotopic (exact) mass is 443 g/mol. The zero-order valence-electron chi connectivity index (χ0n) is 18.8. The van der Waals surface area contributed by atoms with Crippen molar-refractivity contribution in [3.63, 3.8) is 0 Å². The highest BCUT2D eigenvalue weighted by atomic mass is 16.5. The zero-order chi connectivity index (χ0) is 22.5. The highest BCUT2D eigenvalue weighted by Crippen LogP contribution is 2.39. The number of hydrogen-bond acceptors (Lipinski definition) is 5. The number of rotatable bonds is 7. The van der Waals surface area contributed by atoms with Crippen LogP contribution in [-0.2, 0) is 9.47 Å². The summed E-state index contributed by atoms with van der Waals surface area (Å²) in [7, 11) is 0. The lowest BCUT2D eigenvalue weighted by Crippen LogP contribution is -2.25. The van der Waals surface area contributed by atoms with Crippen LogP contribution in [0.1, 0.15) is 37.7 Å². The average molecular weight is 444 g/mol. The molecule has 170 valence electrons. The summed E-state index contributed by atoms with van der Waals surface area (Å²) in [6.45, 7) is 2.69. The van der Waals surface area contributed by atoms with Gasteiger partial charge in [0, 0.05) is 36.6 Å². The van der Waals surface area contributed by atoms with Crippen molar-refractivity contribution in [2.75, 3.05) is 26.4 Å². The van der Waals surface area contributed by atoms with Crippen LogP contribution in [0.2, 0.25) is 0 Å². The molecular weight excluding hydrogens is 414 g/mol. The summed E-state index contributed by atoms with van der Waals surface area (Å²) in [6.07, 6.45) is 10.9. The van der Waals surface area contributed by atoms with E-state index in [0.29, 0.717) is 13.2 Å². The molecule has 1 atom stereocenters. The summed E-state index contributed by atoms with van der Waals surface area (Å²) in [6, 6.07) is 12.7. The number of aromatic nitrogens is 2. The molecule has 1 saturated heterocycles. The molecule has 1 N–H and O–H groups in total. The Hall–Kier alpha value is -3.14. The highest BCUT2D eigenvalue weighted by Gasteiger charge is 2.20. The lowest BCUT2D eigenvalue weighted by molar-refractivity contribution is -0.0388. The quantitative estimate of drug-likeness (QED) is 0.487. The van der Waals surface area contributed by atoms with Gasteiger partial charge in [0.05, 0.1) is 24.7 Å². The van der Waals surface area contributed by atoms with Crippen LogP contribution in [0.4, 0.5) is 0 Å². The van der Waals surface area contributed by atoms with Gasteiger partial charge in [-0.15, -0.1) is 0 Å². The molecule has 1 fully saturated rings. The van der Waals surface area contributed by atoms with Crippen molar-refractivity contribution in [3.8, 4) is 22.9 Å². The molecule has 3 aromatic rings. The SMILES string of the molecule is N#CC1CC=C(c2c(-c3ccc(OCCOC4CCOCC4)cc3)cnc3[nH]ccc23)CC1. The van der Waals surface area contributed by atoms with E-state index in [4.69, 9.17) is 14.2 Å². The molecule has 1 unspecified atom stereocenters. The molecular formula is C27H29N3O3. The van der Waals surface area contributed by atoms with Crippen molar-refractivity contribution >= 4 is 16.6 Å². The number of nitrogens with zero attached hydrogens (tertiary/aromatic N) is 2. The van der Waals surface area contributed by atoms with Gasteiger partial charge < -0.3 is 19.2 Å². The van der Waals surface area contributed by atoms with E-state index >= 15 is 0 Å². The Bertz CT molecular complexity index is 1150. The van der Waals surface area contributed by atoms with Gasteiger partial charge in [0.1, 0.15) is 18.0 Å².